The van der Waals surface area contributed by atoms with Crippen molar-refractivity contribution in [1.29, 1.82) is 0 Å². The zero-order valence-electron chi connectivity index (χ0n) is 21.7. The lowest BCUT2D eigenvalue weighted by Crippen LogP contribution is -2.65. The Hall–Kier alpha value is -2.83. The Morgan fingerprint density at radius 3 is 1.94 bits per heavy atom. The van der Waals surface area contributed by atoms with Crippen LogP contribution in [0, 0.1) is 5.92 Å². The first-order valence-electron chi connectivity index (χ1n) is 12.3. The van der Waals surface area contributed by atoms with Crippen LogP contribution in [0.3, 0.4) is 0 Å². The summed E-state index contributed by atoms with van der Waals surface area (Å²) in [6.45, 7) is 12.0. The third-order valence-corrected chi connectivity index (χ3v) is 11.2. The van der Waals surface area contributed by atoms with Crippen LogP contribution in [0.15, 0.2) is 83.5 Å². The lowest BCUT2D eigenvalue weighted by Gasteiger charge is -2.42. The standard InChI is InChI=1S/C29H39NO4Si/c1-22(26(25-18-13-21-33-25)30-27(31)34-28(2,3)4)19-20-29(5,6)35(32,23-14-9-7-10-15-23)24-16-11-8-12-17-24/h7-18,21-22,26,32H,19-20H2,1-6H3,(H,30,31)/t22-,26-/m0/s1. The van der Waals surface area contributed by atoms with Gasteiger partial charge in [-0.3, -0.25) is 0 Å². The van der Waals surface area contributed by atoms with Gasteiger partial charge >= 0.3 is 6.09 Å². The second-order valence-electron chi connectivity index (χ2n) is 11.0. The highest BCUT2D eigenvalue weighted by molar-refractivity contribution is 6.98. The predicted octanol–water partition coefficient (Wildman–Crippen LogP) is 5.79. The number of nitrogens with one attached hydrogen (secondary N) is 1. The van der Waals surface area contributed by atoms with E-state index in [-0.39, 0.29) is 17.0 Å². The van der Waals surface area contributed by atoms with Gasteiger partial charge in [-0.25, -0.2) is 4.79 Å². The molecular formula is C29H39NO4Si. The molecule has 0 fully saturated rings. The number of furan rings is 1. The normalized spacial score (nSPS) is 14.3. The fourth-order valence-electron chi connectivity index (χ4n) is 4.64. The molecule has 0 aliphatic carbocycles. The molecule has 1 heterocycles. The number of alkyl carbamates (subject to hydrolysis) is 1. The zero-order chi connectivity index (χ0) is 25.7. The fourth-order valence-corrected chi connectivity index (χ4v) is 8.39. The van der Waals surface area contributed by atoms with E-state index < -0.39 is 20.0 Å². The maximum Gasteiger partial charge on any atom is 0.408 e. The van der Waals surface area contributed by atoms with Crippen molar-refractivity contribution in [3.05, 3.63) is 84.8 Å². The Morgan fingerprint density at radius 1 is 0.943 bits per heavy atom. The first kappa shape index (κ1) is 26.8. The van der Waals surface area contributed by atoms with E-state index >= 15 is 0 Å². The number of hydrogen-bond acceptors (Lipinski definition) is 4. The van der Waals surface area contributed by atoms with Gasteiger partial charge in [0.1, 0.15) is 11.4 Å². The van der Waals surface area contributed by atoms with Gasteiger partial charge in [0.25, 0.3) is 8.32 Å². The van der Waals surface area contributed by atoms with Gasteiger partial charge in [-0.1, -0.05) is 81.4 Å². The summed E-state index contributed by atoms with van der Waals surface area (Å²) in [5, 5.41) is 4.63. The molecular weight excluding hydrogens is 454 g/mol. The van der Waals surface area contributed by atoms with E-state index in [4.69, 9.17) is 9.15 Å². The van der Waals surface area contributed by atoms with Crippen molar-refractivity contribution in [2.45, 2.75) is 71.1 Å². The molecule has 0 saturated heterocycles. The van der Waals surface area contributed by atoms with Crippen LogP contribution in [0.25, 0.3) is 0 Å². The van der Waals surface area contributed by atoms with Crippen LogP contribution in [-0.2, 0) is 4.74 Å². The monoisotopic (exact) mass is 493 g/mol. The first-order valence-corrected chi connectivity index (χ1v) is 14.2. The van der Waals surface area contributed by atoms with Gasteiger partial charge in [0, 0.05) is 0 Å². The first-order chi connectivity index (χ1) is 16.4. The number of benzene rings is 2. The Kier molecular flexibility index (Phi) is 8.29. The van der Waals surface area contributed by atoms with Gasteiger partial charge in [-0.05, 0) is 67.1 Å². The van der Waals surface area contributed by atoms with Gasteiger partial charge < -0.3 is 19.3 Å². The predicted molar refractivity (Wildman–Crippen MR) is 143 cm³/mol. The second-order valence-corrected chi connectivity index (χ2v) is 14.9. The molecule has 1 aromatic heterocycles. The third-order valence-electron chi connectivity index (χ3n) is 6.68. The highest BCUT2D eigenvalue weighted by Gasteiger charge is 2.49. The smallest absolute Gasteiger partial charge is 0.408 e. The molecule has 0 bridgehead atoms. The summed E-state index contributed by atoms with van der Waals surface area (Å²) in [5.41, 5.74) is -0.587. The Balaban J connectivity index is 1.84. The third kappa shape index (κ3) is 6.44. The molecule has 0 saturated carbocycles. The van der Waals surface area contributed by atoms with E-state index in [2.05, 4.69) is 26.1 Å². The van der Waals surface area contributed by atoms with Crippen LogP contribution < -0.4 is 15.7 Å². The van der Waals surface area contributed by atoms with Crippen molar-refractivity contribution < 1.29 is 18.7 Å². The lowest BCUT2D eigenvalue weighted by molar-refractivity contribution is 0.0475. The van der Waals surface area contributed by atoms with Crippen LogP contribution in [-0.4, -0.2) is 24.8 Å². The molecule has 0 unspecified atom stereocenters. The fraction of sp³-hybridized carbons (Fsp3) is 0.414. The molecule has 5 nitrogen and oxygen atoms in total. The molecule has 1 amide bonds. The van der Waals surface area contributed by atoms with E-state index in [1.165, 1.54) is 0 Å². The Morgan fingerprint density at radius 2 is 1.49 bits per heavy atom. The number of amides is 1. The number of hydrogen-bond donors (Lipinski definition) is 2. The number of carbonyl (C=O) groups is 1. The average Bonchev–Trinajstić information content (AvgIpc) is 3.35. The van der Waals surface area contributed by atoms with Crippen molar-refractivity contribution in [2.24, 2.45) is 5.92 Å². The number of rotatable bonds is 9. The van der Waals surface area contributed by atoms with E-state index in [1.807, 2.05) is 93.6 Å². The summed E-state index contributed by atoms with van der Waals surface area (Å²) in [4.78, 5) is 25.0. The van der Waals surface area contributed by atoms with Gasteiger partial charge in [-0.15, -0.1) is 0 Å². The largest absolute Gasteiger partial charge is 0.467 e. The van der Waals surface area contributed by atoms with Gasteiger partial charge in [0.2, 0.25) is 0 Å². The molecule has 35 heavy (non-hydrogen) atoms. The maximum absolute atomic E-state index is 12.6. The maximum atomic E-state index is 12.6. The van der Waals surface area contributed by atoms with Crippen LogP contribution >= 0.6 is 0 Å². The van der Waals surface area contributed by atoms with Gasteiger partial charge in [0.05, 0.1) is 12.3 Å². The zero-order valence-corrected chi connectivity index (χ0v) is 22.7. The van der Waals surface area contributed by atoms with Crippen molar-refractivity contribution >= 4 is 24.8 Å². The highest BCUT2D eigenvalue weighted by atomic mass is 28.4. The van der Waals surface area contributed by atoms with E-state index in [9.17, 15) is 9.59 Å². The molecule has 3 rings (SSSR count). The highest BCUT2D eigenvalue weighted by Crippen LogP contribution is 2.42. The summed E-state index contributed by atoms with van der Waals surface area (Å²) < 4.78 is 11.2. The van der Waals surface area contributed by atoms with Gasteiger partial charge in [0.15, 0.2) is 0 Å². The van der Waals surface area contributed by atoms with E-state index in [0.717, 1.165) is 23.2 Å². The Labute approximate surface area is 210 Å². The number of ether oxygens (including phenoxy) is 1. The molecule has 0 radical (unpaired) electrons. The van der Waals surface area contributed by atoms with Crippen LogP contribution in [0.5, 0.6) is 0 Å². The van der Waals surface area contributed by atoms with Crippen LogP contribution in [0.1, 0.15) is 66.2 Å². The molecule has 0 aliphatic rings. The molecule has 188 valence electrons. The van der Waals surface area contributed by atoms with Gasteiger partial charge in [-0.2, -0.15) is 0 Å². The molecule has 2 N–H and O–H groups in total. The van der Waals surface area contributed by atoms with Crippen molar-refractivity contribution in [1.82, 2.24) is 5.32 Å². The molecule has 0 spiro atoms. The van der Waals surface area contributed by atoms with Crippen LogP contribution in [0.4, 0.5) is 4.79 Å². The SMILES string of the molecule is C[C@@H](CCC(C)(C)[Si](O)(c1ccccc1)c1ccccc1)[C@H](NC(=O)OC(C)(C)C)c1ccco1. The van der Waals surface area contributed by atoms with Crippen molar-refractivity contribution in [2.75, 3.05) is 0 Å². The summed E-state index contributed by atoms with van der Waals surface area (Å²) in [5.74, 6) is 0.748. The molecule has 2 atom stereocenters. The average molecular weight is 494 g/mol. The lowest BCUT2D eigenvalue weighted by atomic mass is 9.91. The second kappa shape index (κ2) is 10.8. The quantitative estimate of drug-likeness (QED) is 0.370. The minimum Gasteiger partial charge on any atom is -0.467 e. The van der Waals surface area contributed by atoms with E-state index in [1.54, 1.807) is 6.26 Å². The molecule has 2 aromatic carbocycles. The molecule has 3 aromatic rings. The van der Waals surface area contributed by atoms with Crippen molar-refractivity contribution in [3.8, 4) is 0 Å². The summed E-state index contributed by atoms with van der Waals surface area (Å²) >= 11 is 0. The number of carbonyl (C=O) groups excluding carboxylic acids is 1. The minimum atomic E-state index is -3.10. The van der Waals surface area contributed by atoms with Crippen molar-refractivity contribution in [3.63, 3.8) is 0 Å². The summed E-state index contributed by atoms with van der Waals surface area (Å²) in [6.07, 6.45) is 2.70. The summed E-state index contributed by atoms with van der Waals surface area (Å²) in [6, 6.07) is 23.5. The van der Waals surface area contributed by atoms with E-state index in [0.29, 0.717) is 5.76 Å². The Bertz CT molecular complexity index is 1020. The molecule has 6 heteroatoms. The summed E-state index contributed by atoms with van der Waals surface area (Å²) in [7, 11) is -3.10. The topological polar surface area (TPSA) is 71.7 Å². The molecule has 0 aliphatic heterocycles. The minimum absolute atomic E-state index is 0.0535. The van der Waals surface area contributed by atoms with Crippen LogP contribution in [0.2, 0.25) is 5.04 Å².